The van der Waals surface area contributed by atoms with Crippen molar-refractivity contribution >= 4 is 0 Å². The molecule has 0 radical (unpaired) electrons. The maximum absolute atomic E-state index is 9.35. The van der Waals surface area contributed by atoms with E-state index in [-0.39, 0.29) is 5.60 Å². The fraction of sp³-hybridized carbons (Fsp3) is 0.684. The molecular formula is C19H30O2. The van der Waals surface area contributed by atoms with Crippen LogP contribution < -0.4 is 0 Å². The lowest BCUT2D eigenvalue weighted by Crippen LogP contribution is -2.35. The van der Waals surface area contributed by atoms with Gasteiger partial charge in [-0.15, -0.1) is 0 Å². The van der Waals surface area contributed by atoms with E-state index in [0.717, 1.165) is 5.56 Å². The number of hydrogen-bond acceptors (Lipinski definition) is 2. The third kappa shape index (κ3) is 5.35. The van der Waals surface area contributed by atoms with E-state index >= 15 is 0 Å². The zero-order chi connectivity index (χ0) is 15.0. The van der Waals surface area contributed by atoms with Crippen LogP contribution in [0.2, 0.25) is 0 Å². The first-order chi connectivity index (χ1) is 10.2. The molecule has 1 aliphatic carbocycles. The van der Waals surface area contributed by atoms with Crippen molar-refractivity contribution in [2.24, 2.45) is 0 Å². The second-order valence-corrected chi connectivity index (χ2v) is 6.51. The number of aromatic hydroxyl groups is 1. The number of ether oxygens (including phenoxy) is 1. The minimum atomic E-state index is 0.115. The molecule has 0 atom stereocenters. The Morgan fingerprint density at radius 3 is 2.38 bits per heavy atom. The monoisotopic (exact) mass is 290 g/mol. The van der Waals surface area contributed by atoms with Gasteiger partial charge in [-0.2, -0.15) is 0 Å². The van der Waals surface area contributed by atoms with Crippen LogP contribution in [0.4, 0.5) is 0 Å². The Morgan fingerprint density at radius 2 is 1.71 bits per heavy atom. The van der Waals surface area contributed by atoms with Crippen LogP contribution >= 0.6 is 0 Å². The lowest BCUT2D eigenvalue weighted by molar-refractivity contribution is -0.0870. The van der Waals surface area contributed by atoms with Gasteiger partial charge in [0.15, 0.2) is 0 Å². The van der Waals surface area contributed by atoms with Crippen LogP contribution in [-0.2, 0) is 11.3 Å². The number of phenols is 1. The van der Waals surface area contributed by atoms with Gasteiger partial charge in [-0.05, 0) is 37.0 Å². The molecule has 1 aliphatic rings. The summed E-state index contributed by atoms with van der Waals surface area (Å²) in [7, 11) is 0. The summed E-state index contributed by atoms with van der Waals surface area (Å²) in [5.74, 6) is 0.325. The summed E-state index contributed by atoms with van der Waals surface area (Å²) in [5, 5.41) is 9.35. The summed E-state index contributed by atoms with van der Waals surface area (Å²) in [6.45, 7) is 2.94. The van der Waals surface area contributed by atoms with Crippen molar-refractivity contribution in [2.45, 2.75) is 83.3 Å². The molecule has 1 saturated carbocycles. The molecule has 21 heavy (non-hydrogen) atoms. The van der Waals surface area contributed by atoms with Crippen LogP contribution in [0, 0.1) is 0 Å². The average molecular weight is 290 g/mol. The van der Waals surface area contributed by atoms with Gasteiger partial charge in [-0.25, -0.2) is 0 Å². The van der Waals surface area contributed by atoms with Gasteiger partial charge in [0.1, 0.15) is 5.75 Å². The third-order valence-electron chi connectivity index (χ3n) is 4.73. The van der Waals surface area contributed by atoms with Crippen LogP contribution in [-0.4, -0.2) is 10.7 Å². The molecule has 0 spiro atoms. The largest absolute Gasteiger partial charge is 0.508 e. The molecule has 118 valence electrons. The normalized spacial score (nSPS) is 17.8. The Labute approximate surface area is 129 Å². The predicted molar refractivity (Wildman–Crippen MR) is 87.5 cm³/mol. The quantitative estimate of drug-likeness (QED) is 0.633. The summed E-state index contributed by atoms with van der Waals surface area (Å²) < 4.78 is 6.40. The Kier molecular flexibility index (Phi) is 6.56. The first-order valence-electron chi connectivity index (χ1n) is 8.66. The van der Waals surface area contributed by atoms with E-state index in [9.17, 15) is 5.11 Å². The van der Waals surface area contributed by atoms with Crippen molar-refractivity contribution in [1.82, 2.24) is 0 Å². The van der Waals surface area contributed by atoms with Crippen LogP contribution in [0.5, 0.6) is 5.75 Å². The van der Waals surface area contributed by atoms with E-state index in [2.05, 4.69) is 6.92 Å². The van der Waals surface area contributed by atoms with Crippen molar-refractivity contribution in [3.05, 3.63) is 29.8 Å². The van der Waals surface area contributed by atoms with Gasteiger partial charge in [0.2, 0.25) is 0 Å². The fourth-order valence-corrected chi connectivity index (χ4v) is 3.37. The lowest BCUT2D eigenvalue weighted by Gasteiger charge is -2.37. The summed E-state index contributed by atoms with van der Waals surface area (Å²) in [6, 6.07) is 7.41. The van der Waals surface area contributed by atoms with Crippen molar-refractivity contribution < 1.29 is 9.84 Å². The molecule has 1 N–H and O–H groups in total. The molecule has 0 aliphatic heterocycles. The highest BCUT2D eigenvalue weighted by Crippen LogP contribution is 2.36. The summed E-state index contributed by atoms with van der Waals surface area (Å²) in [6.07, 6.45) is 12.9. The topological polar surface area (TPSA) is 29.5 Å². The van der Waals surface area contributed by atoms with E-state index in [1.807, 2.05) is 12.1 Å². The molecular weight excluding hydrogens is 260 g/mol. The number of benzene rings is 1. The van der Waals surface area contributed by atoms with E-state index in [0.29, 0.717) is 12.4 Å². The first-order valence-corrected chi connectivity index (χ1v) is 8.66. The van der Waals surface area contributed by atoms with Gasteiger partial charge >= 0.3 is 0 Å². The van der Waals surface area contributed by atoms with Gasteiger partial charge in [0.25, 0.3) is 0 Å². The van der Waals surface area contributed by atoms with Gasteiger partial charge in [0, 0.05) is 0 Å². The maximum atomic E-state index is 9.35. The highest BCUT2D eigenvalue weighted by molar-refractivity contribution is 5.25. The van der Waals surface area contributed by atoms with Gasteiger partial charge < -0.3 is 9.84 Å². The lowest BCUT2D eigenvalue weighted by atomic mass is 9.81. The Morgan fingerprint density at radius 1 is 1.00 bits per heavy atom. The average Bonchev–Trinajstić information content (AvgIpc) is 2.52. The van der Waals surface area contributed by atoms with E-state index in [1.54, 1.807) is 12.1 Å². The maximum Gasteiger partial charge on any atom is 0.115 e. The Hall–Kier alpha value is -1.02. The van der Waals surface area contributed by atoms with Crippen molar-refractivity contribution in [2.75, 3.05) is 0 Å². The molecule has 0 unspecified atom stereocenters. The highest BCUT2D eigenvalue weighted by atomic mass is 16.5. The van der Waals surface area contributed by atoms with Crippen LogP contribution in [0.3, 0.4) is 0 Å². The smallest absolute Gasteiger partial charge is 0.115 e. The summed E-state index contributed by atoms with van der Waals surface area (Å²) in [4.78, 5) is 0. The molecule has 1 aromatic carbocycles. The molecule has 0 aromatic heterocycles. The van der Waals surface area contributed by atoms with Crippen LogP contribution in [0.15, 0.2) is 24.3 Å². The van der Waals surface area contributed by atoms with Crippen LogP contribution in [0.1, 0.15) is 76.7 Å². The molecule has 0 amide bonds. The third-order valence-corrected chi connectivity index (χ3v) is 4.73. The fourth-order valence-electron chi connectivity index (χ4n) is 3.37. The number of rotatable bonds is 8. The molecule has 1 aromatic rings. The molecule has 0 bridgehead atoms. The van der Waals surface area contributed by atoms with E-state index in [1.165, 1.54) is 64.2 Å². The second kappa shape index (κ2) is 8.43. The number of hydrogen-bond donors (Lipinski definition) is 1. The summed E-state index contributed by atoms with van der Waals surface area (Å²) >= 11 is 0. The van der Waals surface area contributed by atoms with Crippen LogP contribution in [0.25, 0.3) is 0 Å². The van der Waals surface area contributed by atoms with Crippen molar-refractivity contribution in [1.29, 1.82) is 0 Å². The van der Waals surface area contributed by atoms with E-state index in [4.69, 9.17) is 4.74 Å². The van der Waals surface area contributed by atoms with E-state index < -0.39 is 0 Å². The minimum absolute atomic E-state index is 0.115. The van der Waals surface area contributed by atoms with Gasteiger partial charge in [-0.3, -0.25) is 0 Å². The zero-order valence-electron chi connectivity index (χ0n) is 13.4. The highest BCUT2D eigenvalue weighted by Gasteiger charge is 2.32. The Balaban J connectivity index is 1.87. The second-order valence-electron chi connectivity index (χ2n) is 6.51. The standard InChI is InChI=1S/C19H30O2/c1-2-3-4-6-13-19(14-7-5-8-15-19)21-16-17-9-11-18(20)12-10-17/h9-12,20H,2-8,13-16H2,1H3. The Bertz CT molecular complexity index is 391. The molecule has 1 fully saturated rings. The summed E-state index contributed by atoms with van der Waals surface area (Å²) in [5.41, 5.74) is 1.27. The minimum Gasteiger partial charge on any atom is -0.508 e. The molecule has 0 saturated heterocycles. The molecule has 2 heteroatoms. The van der Waals surface area contributed by atoms with Crippen molar-refractivity contribution in [3.63, 3.8) is 0 Å². The SMILES string of the molecule is CCCCCCC1(OCc2ccc(O)cc2)CCCCC1. The molecule has 2 rings (SSSR count). The first kappa shape index (κ1) is 16.4. The number of phenolic OH excluding ortho intramolecular Hbond substituents is 1. The van der Waals surface area contributed by atoms with Gasteiger partial charge in [-0.1, -0.05) is 64.0 Å². The number of unbranched alkanes of at least 4 members (excludes halogenated alkanes) is 3. The van der Waals surface area contributed by atoms with Gasteiger partial charge in [0.05, 0.1) is 12.2 Å². The molecule has 0 heterocycles. The molecule has 2 nitrogen and oxygen atoms in total. The predicted octanol–water partition coefficient (Wildman–Crippen LogP) is 5.58. The van der Waals surface area contributed by atoms with Crippen molar-refractivity contribution in [3.8, 4) is 5.75 Å². The zero-order valence-corrected chi connectivity index (χ0v) is 13.4.